The molecule has 0 atom stereocenters. The van der Waals surface area contributed by atoms with Crippen LogP contribution < -0.4 is 0 Å². The summed E-state index contributed by atoms with van der Waals surface area (Å²) in [5.41, 5.74) is 7.32. The van der Waals surface area contributed by atoms with E-state index in [1.54, 1.807) is 0 Å². The number of thiophene rings is 1. The third kappa shape index (κ3) is 3.35. The van der Waals surface area contributed by atoms with Gasteiger partial charge in [-0.1, -0.05) is 84.0 Å². The molecule has 0 aliphatic carbocycles. The number of fused-ring (bicyclic) bond motifs is 6. The lowest BCUT2D eigenvalue weighted by molar-refractivity contribution is 0.590. The third-order valence-electron chi connectivity index (χ3n) is 6.98. The van der Waals surface area contributed by atoms with Gasteiger partial charge in [-0.15, -0.1) is 11.3 Å². The van der Waals surface area contributed by atoms with Gasteiger partial charge in [0.1, 0.15) is 11.2 Å². The largest absolute Gasteiger partial charge is 0.456 e. The first-order chi connectivity index (χ1) is 16.1. The second kappa shape index (κ2) is 7.20. The molecule has 0 saturated carbocycles. The van der Waals surface area contributed by atoms with Crippen LogP contribution in [0.15, 0.2) is 77.2 Å². The second-order valence-electron chi connectivity index (χ2n) is 11.5. The fraction of sp³-hybridized carbons (Fsp3) is 0.250. The monoisotopic (exact) mass is 462 g/mol. The van der Waals surface area contributed by atoms with Crippen molar-refractivity contribution in [3.63, 3.8) is 0 Å². The van der Waals surface area contributed by atoms with Crippen molar-refractivity contribution in [1.82, 2.24) is 0 Å². The van der Waals surface area contributed by atoms with E-state index in [1.165, 1.54) is 53.2 Å². The highest BCUT2D eigenvalue weighted by Crippen LogP contribution is 2.42. The van der Waals surface area contributed by atoms with Crippen LogP contribution in [-0.4, -0.2) is 0 Å². The van der Waals surface area contributed by atoms with Crippen LogP contribution in [0.25, 0.3) is 53.2 Å². The molecule has 2 aromatic heterocycles. The Bertz CT molecular complexity index is 1710. The molecule has 1 nitrogen and oxygen atoms in total. The van der Waals surface area contributed by atoms with Crippen LogP contribution in [0.2, 0.25) is 0 Å². The average Bonchev–Trinajstić information content (AvgIpc) is 3.34. The summed E-state index contributed by atoms with van der Waals surface area (Å²) < 4.78 is 9.02. The first-order valence-corrected chi connectivity index (χ1v) is 12.8. The zero-order valence-electron chi connectivity index (χ0n) is 20.7. The smallest absolute Gasteiger partial charge is 0.136 e. The molecular formula is C32H30OS. The number of rotatable bonds is 1. The molecule has 2 heteroatoms. The first kappa shape index (κ1) is 21.4. The maximum absolute atomic E-state index is 6.27. The van der Waals surface area contributed by atoms with Crippen LogP contribution in [-0.2, 0) is 10.8 Å². The average molecular weight is 463 g/mol. The van der Waals surface area contributed by atoms with E-state index >= 15 is 0 Å². The van der Waals surface area contributed by atoms with Crippen molar-refractivity contribution >= 4 is 53.4 Å². The molecule has 0 amide bonds. The van der Waals surface area contributed by atoms with Gasteiger partial charge in [-0.3, -0.25) is 0 Å². The standard InChI is InChI=1S/C32H30OS/c1-31(2,3)21-12-15-27-25(18-21)22-13-10-19(16-28(22)33-27)20-11-14-23-24-8-7-9-26(32(4,5)6)30(24)34-29(23)17-20/h7-18H,1-6H3. The normalized spacial score (nSPS) is 13.0. The van der Waals surface area contributed by atoms with Gasteiger partial charge in [0.05, 0.1) is 0 Å². The van der Waals surface area contributed by atoms with E-state index in [4.69, 9.17) is 4.42 Å². The molecule has 2 heterocycles. The van der Waals surface area contributed by atoms with E-state index in [9.17, 15) is 0 Å². The van der Waals surface area contributed by atoms with E-state index in [0.29, 0.717) is 0 Å². The number of benzene rings is 4. The van der Waals surface area contributed by atoms with Crippen molar-refractivity contribution in [2.75, 3.05) is 0 Å². The molecular weight excluding hydrogens is 432 g/mol. The summed E-state index contributed by atoms with van der Waals surface area (Å²) in [5.74, 6) is 0. The van der Waals surface area contributed by atoms with Gasteiger partial charge < -0.3 is 4.42 Å². The van der Waals surface area contributed by atoms with Crippen molar-refractivity contribution in [2.45, 2.75) is 52.4 Å². The highest BCUT2D eigenvalue weighted by molar-refractivity contribution is 7.26. The summed E-state index contributed by atoms with van der Waals surface area (Å²) in [4.78, 5) is 0. The predicted octanol–water partition coefficient (Wildman–Crippen LogP) is 10.2. The lowest BCUT2D eigenvalue weighted by Gasteiger charge is -2.19. The minimum Gasteiger partial charge on any atom is -0.456 e. The number of furan rings is 1. The molecule has 0 bridgehead atoms. The van der Waals surface area contributed by atoms with Gasteiger partial charge in [-0.2, -0.15) is 0 Å². The molecule has 0 radical (unpaired) electrons. The summed E-state index contributed by atoms with van der Waals surface area (Å²) in [6.07, 6.45) is 0. The van der Waals surface area contributed by atoms with Gasteiger partial charge in [0.15, 0.2) is 0 Å². The second-order valence-corrected chi connectivity index (χ2v) is 12.6. The number of hydrogen-bond donors (Lipinski definition) is 0. The molecule has 0 aliphatic rings. The molecule has 170 valence electrons. The van der Waals surface area contributed by atoms with Gasteiger partial charge in [0, 0.05) is 30.9 Å². The van der Waals surface area contributed by atoms with Gasteiger partial charge in [-0.25, -0.2) is 0 Å². The predicted molar refractivity (Wildman–Crippen MR) is 149 cm³/mol. The van der Waals surface area contributed by atoms with Crippen LogP contribution in [0.4, 0.5) is 0 Å². The van der Waals surface area contributed by atoms with Gasteiger partial charge in [-0.05, 0) is 63.4 Å². The van der Waals surface area contributed by atoms with Crippen molar-refractivity contribution in [1.29, 1.82) is 0 Å². The Labute approximate surface area is 205 Å². The van der Waals surface area contributed by atoms with Gasteiger partial charge in [0.25, 0.3) is 0 Å². The molecule has 0 unspecified atom stereocenters. The van der Waals surface area contributed by atoms with Crippen molar-refractivity contribution in [3.05, 3.63) is 83.9 Å². The van der Waals surface area contributed by atoms with Crippen LogP contribution in [0, 0.1) is 0 Å². The lowest BCUT2D eigenvalue weighted by atomic mass is 9.86. The van der Waals surface area contributed by atoms with Crippen molar-refractivity contribution in [3.8, 4) is 11.1 Å². The van der Waals surface area contributed by atoms with E-state index in [-0.39, 0.29) is 10.8 Å². The van der Waals surface area contributed by atoms with Crippen LogP contribution >= 0.6 is 11.3 Å². The third-order valence-corrected chi connectivity index (χ3v) is 8.18. The molecule has 0 fully saturated rings. The molecule has 0 N–H and O–H groups in total. The van der Waals surface area contributed by atoms with Crippen LogP contribution in [0.3, 0.4) is 0 Å². The minimum atomic E-state index is 0.115. The fourth-order valence-corrected chi connectivity index (χ4v) is 6.46. The quantitative estimate of drug-likeness (QED) is 0.237. The number of hydrogen-bond acceptors (Lipinski definition) is 2. The topological polar surface area (TPSA) is 13.1 Å². The maximum atomic E-state index is 6.27. The van der Waals surface area contributed by atoms with E-state index in [0.717, 1.165) is 11.2 Å². The van der Waals surface area contributed by atoms with Gasteiger partial charge in [0.2, 0.25) is 0 Å². The molecule has 6 rings (SSSR count). The van der Waals surface area contributed by atoms with Crippen molar-refractivity contribution in [2.24, 2.45) is 0 Å². The SMILES string of the molecule is CC(C)(C)c1ccc2oc3cc(-c4ccc5c(c4)sc4c(C(C)(C)C)cccc45)ccc3c2c1. The highest BCUT2D eigenvalue weighted by Gasteiger charge is 2.20. The molecule has 6 aromatic rings. The van der Waals surface area contributed by atoms with E-state index < -0.39 is 0 Å². The highest BCUT2D eigenvalue weighted by atomic mass is 32.1. The molecule has 0 saturated heterocycles. The first-order valence-electron chi connectivity index (χ1n) is 12.0. The Morgan fingerprint density at radius 2 is 1.32 bits per heavy atom. The Morgan fingerprint density at radius 1 is 0.588 bits per heavy atom. The molecule has 0 spiro atoms. The lowest BCUT2D eigenvalue weighted by Crippen LogP contribution is -2.10. The Balaban J connectivity index is 1.49. The van der Waals surface area contributed by atoms with Crippen LogP contribution in [0.5, 0.6) is 0 Å². The molecule has 0 aliphatic heterocycles. The van der Waals surface area contributed by atoms with Gasteiger partial charge >= 0.3 is 0 Å². The van der Waals surface area contributed by atoms with E-state index in [1.807, 2.05) is 11.3 Å². The van der Waals surface area contributed by atoms with E-state index in [2.05, 4.69) is 114 Å². The summed E-state index contributed by atoms with van der Waals surface area (Å²) in [6, 6.07) is 26.8. The maximum Gasteiger partial charge on any atom is 0.136 e. The summed E-state index contributed by atoms with van der Waals surface area (Å²) >= 11 is 1.91. The summed E-state index contributed by atoms with van der Waals surface area (Å²) in [5, 5.41) is 5.09. The van der Waals surface area contributed by atoms with Crippen LogP contribution in [0.1, 0.15) is 52.7 Å². The Morgan fingerprint density at radius 3 is 2.06 bits per heavy atom. The Hall–Kier alpha value is -3.10. The molecule has 34 heavy (non-hydrogen) atoms. The summed E-state index contributed by atoms with van der Waals surface area (Å²) in [6.45, 7) is 13.6. The Kier molecular flexibility index (Phi) is 4.54. The zero-order valence-corrected chi connectivity index (χ0v) is 21.6. The van der Waals surface area contributed by atoms with Crippen molar-refractivity contribution < 1.29 is 4.42 Å². The molecule has 4 aromatic carbocycles. The fourth-order valence-electron chi connectivity index (χ4n) is 4.99. The minimum absolute atomic E-state index is 0.115. The zero-order chi connectivity index (χ0) is 23.8. The summed E-state index contributed by atoms with van der Waals surface area (Å²) in [7, 11) is 0.